The molecule has 0 radical (unpaired) electrons. The van der Waals surface area contributed by atoms with Crippen LogP contribution in [0.1, 0.15) is 38.5 Å². The van der Waals surface area contributed by atoms with E-state index >= 15 is 0 Å². The summed E-state index contributed by atoms with van der Waals surface area (Å²) < 4.78 is 5.71. The molecule has 0 heterocycles. The first-order valence-corrected chi connectivity index (χ1v) is 6.81. The summed E-state index contributed by atoms with van der Waals surface area (Å²) in [6, 6.07) is 5.40. The highest BCUT2D eigenvalue weighted by Crippen LogP contribution is 2.29. The molecule has 0 amide bonds. The Morgan fingerprint density at radius 3 is 2.71 bits per heavy atom. The van der Waals surface area contributed by atoms with Gasteiger partial charge in [0.05, 0.1) is 11.6 Å². The van der Waals surface area contributed by atoms with Crippen LogP contribution >= 0.6 is 11.6 Å². The molecule has 0 unspecified atom stereocenters. The van der Waals surface area contributed by atoms with Crippen molar-refractivity contribution >= 4 is 17.3 Å². The number of nitrogen functional groups attached to an aromatic ring is 1. The van der Waals surface area contributed by atoms with Crippen molar-refractivity contribution in [1.29, 1.82) is 0 Å². The second-order valence-electron chi connectivity index (χ2n) is 4.83. The van der Waals surface area contributed by atoms with Gasteiger partial charge < -0.3 is 10.5 Å². The average Bonchev–Trinajstić information content (AvgIpc) is 2.33. The topological polar surface area (TPSA) is 35.2 Å². The van der Waals surface area contributed by atoms with E-state index in [-0.39, 0.29) is 0 Å². The van der Waals surface area contributed by atoms with Crippen LogP contribution < -0.4 is 10.5 Å². The zero-order valence-electron chi connectivity index (χ0n) is 10.1. The van der Waals surface area contributed by atoms with Crippen molar-refractivity contribution in [3.05, 3.63) is 23.2 Å². The fraction of sp³-hybridized carbons (Fsp3) is 0.571. The molecular weight excluding hydrogens is 234 g/mol. The van der Waals surface area contributed by atoms with Crippen LogP contribution in [0.4, 0.5) is 5.69 Å². The molecule has 0 spiro atoms. The van der Waals surface area contributed by atoms with Crippen LogP contribution in [0.5, 0.6) is 5.75 Å². The van der Waals surface area contributed by atoms with E-state index in [9.17, 15) is 0 Å². The van der Waals surface area contributed by atoms with Crippen LogP contribution in [0.15, 0.2) is 18.2 Å². The lowest BCUT2D eigenvalue weighted by molar-refractivity contribution is 0.246. The first kappa shape index (κ1) is 12.6. The van der Waals surface area contributed by atoms with E-state index in [4.69, 9.17) is 22.1 Å². The summed E-state index contributed by atoms with van der Waals surface area (Å²) in [5.74, 6) is 1.59. The van der Waals surface area contributed by atoms with Crippen LogP contribution in [0, 0.1) is 5.92 Å². The smallest absolute Gasteiger partial charge is 0.138 e. The van der Waals surface area contributed by atoms with E-state index in [1.54, 1.807) is 6.07 Å². The molecule has 1 aliphatic carbocycles. The number of benzene rings is 1. The number of rotatable bonds is 4. The van der Waals surface area contributed by atoms with Crippen LogP contribution in [0.2, 0.25) is 5.02 Å². The minimum atomic E-state index is 0.605. The Labute approximate surface area is 108 Å². The Bertz CT molecular complexity index is 361. The predicted molar refractivity (Wildman–Crippen MR) is 72.6 cm³/mol. The molecule has 17 heavy (non-hydrogen) atoms. The van der Waals surface area contributed by atoms with E-state index in [1.807, 2.05) is 12.1 Å². The molecule has 0 saturated heterocycles. The lowest BCUT2D eigenvalue weighted by Gasteiger charge is -2.21. The fourth-order valence-electron chi connectivity index (χ4n) is 2.45. The Kier molecular flexibility index (Phi) is 4.55. The zero-order chi connectivity index (χ0) is 12.1. The standard InChI is InChI=1S/C14H20ClNO/c15-13-10-12(16)6-7-14(13)17-9-8-11-4-2-1-3-5-11/h6-7,10-11H,1-5,8-9,16H2. The largest absolute Gasteiger partial charge is 0.492 e. The quantitative estimate of drug-likeness (QED) is 0.814. The van der Waals surface area contributed by atoms with Crippen LogP contribution in [0.3, 0.4) is 0 Å². The second kappa shape index (κ2) is 6.15. The van der Waals surface area contributed by atoms with Gasteiger partial charge in [0.15, 0.2) is 0 Å². The molecule has 0 aliphatic heterocycles. The summed E-state index contributed by atoms with van der Waals surface area (Å²) in [6.07, 6.45) is 8.03. The molecule has 1 aliphatic rings. The first-order valence-electron chi connectivity index (χ1n) is 6.43. The molecule has 1 saturated carbocycles. The van der Waals surface area contributed by atoms with Gasteiger partial charge in [-0.25, -0.2) is 0 Å². The van der Waals surface area contributed by atoms with E-state index in [0.29, 0.717) is 10.7 Å². The summed E-state index contributed by atoms with van der Waals surface area (Å²) in [5, 5.41) is 0.605. The fourth-order valence-corrected chi connectivity index (χ4v) is 2.69. The van der Waals surface area contributed by atoms with Crippen molar-refractivity contribution in [2.45, 2.75) is 38.5 Å². The summed E-state index contributed by atoms with van der Waals surface area (Å²) in [6.45, 7) is 0.758. The molecule has 1 aromatic carbocycles. The lowest BCUT2D eigenvalue weighted by Crippen LogP contribution is -2.10. The minimum Gasteiger partial charge on any atom is -0.492 e. The molecule has 0 bridgehead atoms. The van der Waals surface area contributed by atoms with E-state index in [1.165, 1.54) is 32.1 Å². The van der Waals surface area contributed by atoms with E-state index in [0.717, 1.165) is 24.7 Å². The highest BCUT2D eigenvalue weighted by molar-refractivity contribution is 6.32. The molecule has 2 rings (SSSR count). The highest BCUT2D eigenvalue weighted by Gasteiger charge is 2.13. The Hall–Kier alpha value is -0.890. The van der Waals surface area contributed by atoms with Crippen LogP contribution in [-0.4, -0.2) is 6.61 Å². The molecule has 3 heteroatoms. The van der Waals surface area contributed by atoms with Gasteiger partial charge in [-0.2, -0.15) is 0 Å². The molecule has 2 nitrogen and oxygen atoms in total. The van der Waals surface area contributed by atoms with Crippen molar-refractivity contribution in [2.24, 2.45) is 5.92 Å². The van der Waals surface area contributed by atoms with Gasteiger partial charge in [-0.1, -0.05) is 43.7 Å². The van der Waals surface area contributed by atoms with Crippen LogP contribution in [-0.2, 0) is 0 Å². The predicted octanol–water partition coefficient (Wildman–Crippen LogP) is 4.27. The Balaban J connectivity index is 1.77. The van der Waals surface area contributed by atoms with Crippen molar-refractivity contribution < 1.29 is 4.74 Å². The maximum atomic E-state index is 6.05. The normalized spacial score (nSPS) is 17.0. The number of anilines is 1. The zero-order valence-corrected chi connectivity index (χ0v) is 10.9. The van der Waals surface area contributed by atoms with Gasteiger partial charge in [0, 0.05) is 5.69 Å². The maximum Gasteiger partial charge on any atom is 0.138 e. The van der Waals surface area contributed by atoms with Gasteiger partial charge in [-0.3, -0.25) is 0 Å². The maximum absolute atomic E-state index is 6.05. The number of hydrogen-bond donors (Lipinski definition) is 1. The van der Waals surface area contributed by atoms with Gasteiger partial charge in [0.2, 0.25) is 0 Å². The Morgan fingerprint density at radius 2 is 2.00 bits per heavy atom. The monoisotopic (exact) mass is 253 g/mol. The van der Waals surface area contributed by atoms with Gasteiger partial charge >= 0.3 is 0 Å². The van der Waals surface area contributed by atoms with E-state index < -0.39 is 0 Å². The van der Waals surface area contributed by atoms with Gasteiger partial charge in [0.25, 0.3) is 0 Å². The number of hydrogen-bond acceptors (Lipinski definition) is 2. The molecule has 0 atom stereocenters. The van der Waals surface area contributed by atoms with Crippen molar-refractivity contribution in [2.75, 3.05) is 12.3 Å². The second-order valence-corrected chi connectivity index (χ2v) is 5.24. The van der Waals surface area contributed by atoms with Crippen molar-refractivity contribution in [1.82, 2.24) is 0 Å². The van der Waals surface area contributed by atoms with Gasteiger partial charge in [-0.15, -0.1) is 0 Å². The third kappa shape index (κ3) is 3.81. The number of nitrogens with two attached hydrogens (primary N) is 1. The SMILES string of the molecule is Nc1ccc(OCCC2CCCCC2)c(Cl)c1. The summed E-state index contributed by atoms with van der Waals surface area (Å²) >= 11 is 6.05. The van der Waals surface area contributed by atoms with Crippen LogP contribution in [0.25, 0.3) is 0 Å². The average molecular weight is 254 g/mol. The Morgan fingerprint density at radius 1 is 1.24 bits per heavy atom. The third-order valence-electron chi connectivity index (χ3n) is 3.46. The van der Waals surface area contributed by atoms with Crippen molar-refractivity contribution in [3.8, 4) is 5.75 Å². The molecule has 0 aromatic heterocycles. The molecule has 2 N–H and O–H groups in total. The first-order chi connectivity index (χ1) is 8.25. The highest BCUT2D eigenvalue weighted by atomic mass is 35.5. The number of ether oxygens (including phenoxy) is 1. The van der Waals surface area contributed by atoms with Gasteiger partial charge in [0.1, 0.15) is 5.75 Å². The minimum absolute atomic E-state index is 0.605. The lowest BCUT2D eigenvalue weighted by atomic mass is 9.87. The van der Waals surface area contributed by atoms with E-state index in [2.05, 4.69) is 0 Å². The number of halogens is 1. The van der Waals surface area contributed by atoms with Crippen molar-refractivity contribution in [3.63, 3.8) is 0 Å². The summed E-state index contributed by atoms with van der Waals surface area (Å²) in [5.41, 5.74) is 6.31. The molecule has 1 aromatic rings. The molecule has 1 fully saturated rings. The molecular formula is C14H20ClNO. The third-order valence-corrected chi connectivity index (χ3v) is 3.76. The summed E-state index contributed by atoms with van der Waals surface area (Å²) in [4.78, 5) is 0. The molecule has 94 valence electrons. The summed E-state index contributed by atoms with van der Waals surface area (Å²) in [7, 11) is 0. The van der Waals surface area contributed by atoms with Gasteiger partial charge in [-0.05, 0) is 30.5 Å².